The largest absolute Gasteiger partial charge is 0.465 e. The first kappa shape index (κ1) is 16.7. The van der Waals surface area contributed by atoms with E-state index in [2.05, 4.69) is 15.3 Å². The molecular formula is C16H19ClN4O3. The maximum Gasteiger partial charge on any atom is 0.404 e. The first-order valence-electron chi connectivity index (χ1n) is 7.95. The third-order valence-corrected chi connectivity index (χ3v) is 4.88. The number of nitrogens with zero attached hydrogens (tertiary/aromatic N) is 3. The van der Waals surface area contributed by atoms with Crippen molar-refractivity contribution in [3.63, 3.8) is 0 Å². The molecule has 2 N–H and O–H groups in total. The average Bonchev–Trinajstić information content (AvgIpc) is 2.93. The molecule has 7 nitrogen and oxygen atoms in total. The van der Waals surface area contributed by atoms with E-state index < -0.39 is 11.6 Å². The van der Waals surface area contributed by atoms with Gasteiger partial charge in [0.05, 0.1) is 11.2 Å². The summed E-state index contributed by atoms with van der Waals surface area (Å²) in [7, 11) is 0. The van der Waals surface area contributed by atoms with E-state index in [1.54, 1.807) is 12.3 Å². The maximum absolute atomic E-state index is 12.2. The van der Waals surface area contributed by atoms with Crippen molar-refractivity contribution in [3.05, 3.63) is 23.2 Å². The summed E-state index contributed by atoms with van der Waals surface area (Å²) in [6.45, 7) is 1.73. The van der Waals surface area contributed by atoms with Gasteiger partial charge in [0, 0.05) is 25.1 Å². The van der Waals surface area contributed by atoms with Gasteiger partial charge in [0.25, 0.3) is 0 Å². The molecule has 0 atom stereocenters. The number of ketones is 1. The molecule has 1 amide bonds. The van der Waals surface area contributed by atoms with E-state index in [-0.39, 0.29) is 17.6 Å². The molecule has 1 fully saturated rings. The van der Waals surface area contributed by atoms with Crippen LogP contribution in [0.15, 0.2) is 12.3 Å². The van der Waals surface area contributed by atoms with Gasteiger partial charge in [0.1, 0.15) is 5.65 Å². The second-order valence-electron chi connectivity index (χ2n) is 6.28. The van der Waals surface area contributed by atoms with Gasteiger partial charge in [0.15, 0.2) is 5.78 Å². The number of carboxylic acid groups (broad SMARTS) is 1. The van der Waals surface area contributed by atoms with E-state index in [9.17, 15) is 9.59 Å². The lowest BCUT2D eigenvalue weighted by Gasteiger charge is -2.40. The van der Waals surface area contributed by atoms with E-state index in [4.69, 9.17) is 16.7 Å². The van der Waals surface area contributed by atoms with Gasteiger partial charge in [-0.3, -0.25) is 4.79 Å². The predicted octanol–water partition coefficient (Wildman–Crippen LogP) is 3.21. The first-order chi connectivity index (χ1) is 11.4. The summed E-state index contributed by atoms with van der Waals surface area (Å²) in [5.74, 6) is -0.0932. The molecule has 2 heterocycles. The SMILES string of the molecule is CC(=O)c1cc2cnc(Cl)nc2n1C1(CNC(=O)O)CCCCC1. The Morgan fingerprint density at radius 1 is 1.38 bits per heavy atom. The maximum atomic E-state index is 12.2. The van der Waals surface area contributed by atoms with Crippen LogP contribution in [-0.2, 0) is 5.54 Å². The van der Waals surface area contributed by atoms with Crippen LogP contribution in [0.4, 0.5) is 4.79 Å². The molecule has 2 aromatic heterocycles. The van der Waals surface area contributed by atoms with Crippen LogP contribution in [-0.4, -0.2) is 38.1 Å². The van der Waals surface area contributed by atoms with Crippen LogP contribution in [0.5, 0.6) is 0 Å². The normalized spacial score (nSPS) is 16.9. The summed E-state index contributed by atoms with van der Waals surface area (Å²) in [6.07, 6.45) is 5.11. The van der Waals surface area contributed by atoms with Gasteiger partial charge in [-0.25, -0.2) is 9.78 Å². The number of carbonyl (C=O) groups is 2. The summed E-state index contributed by atoms with van der Waals surface area (Å²) >= 11 is 5.96. The molecule has 0 spiro atoms. The van der Waals surface area contributed by atoms with Gasteiger partial charge in [-0.15, -0.1) is 0 Å². The quantitative estimate of drug-likeness (QED) is 0.651. The van der Waals surface area contributed by atoms with Crippen LogP contribution in [0.25, 0.3) is 11.0 Å². The molecule has 8 heteroatoms. The summed E-state index contributed by atoms with van der Waals surface area (Å²) in [4.78, 5) is 31.6. The van der Waals surface area contributed by atoms with E-state index in [1.165, 1.54) is 6.92 Å². The van der Waals surface area contributed by atoms with Crippen molar-refractivity contribution in [2.75, 3.05) is 6.54 Å². The summed E-state index contributed by atoms with van der Waals surface area (Å²) in [6, 6.07) is 1.76. The standard InChI is InChI=1S/C16H19ClN4O3/c1-10(22)12-7-11-8-18-14(17)20-13(11)21(12)16(9-19-15(23)24)5-3-2-4-6-16/h7-8,19H,2-6,9H2,1H3,(H,23,24). The van der Waals surface area contributed by atoms with Crippen LogP contribution in [0.1, 0.15) is 49.5 Å². The lowest BCUT2D eigenvalue weighted by atomic mass is 9.81. The molecule has 0 radical (unpaired) electrons. The molecule has 0 saturated heterocycles. The Morgan fingerprint density at radius 2 is 2.08 bits per heavy atom. The highest BCUT2D eigenvalue weighted by Crippen LogP contribution is 2.38. The van der Waals surface area contributed by atoms with E-state index in [0.717, 1.165) is 37.5 Å². The summed E-state index contributed by atoms with van der Waals surface area (Å²) in [5.41, 5.74) is 0.571. The van der Waals surface area contributed by atoms with Crippen LogP contribution >= 0.6 is 11.6 Å². The van der Waals surface area contributed by atoms with E-state index in [0.29, 0.717) is 11.3 Å². The lowest BCUT2D eigenvalue weighted by molar-refractivity contribution is 0.0987. The number of fused-ring (bicyclic) bond motifs is 1. The molecule has 1 aliphatic carbocycles. The van der Waals surface area contributed by atoms with Crippen LogP contribution < -0.4 is 5.32 Å². The van der Waals surface area contributed by atoms with Crippen molar-refractivity contribution < 1.29 is 14.7 Å². The number of carbonyl (C=O) groups excluding carboxylic acids is 1. The molecule has 1 aliphatic rings. The van der Waals surface area contributed by atoms with E-state index in [1.807, 2.05) is 4.57 Å². The molecule has 0 aliphatic heterocycles. The number of amides is 1. The van der Waals surface area contributed by atoms with Gasteiger partial charge in [-0.2, -0.15) is 4.98 Å². The Labute approximate surface area is 144 Å². The Balaban J connectivity index is 2.21. The number of halogens is 1. The molecular weight excluding hydrogens is 332 g/mol. The zero-order valence-corrected chi connectivity index (χ0v) is 14.1. The minimum atomic E-state index is -1.08. The molecule has 2 aromatic rings. The summed E-state index contributed by atoms with van der Waals surface area (Å²) in [5, 5.41) is 12.4. The van der Waals surface area contributed by atoms with Crippen molar-refractivity contribution in [2.24, 2.45) is 0 Å². The van der Waals surface area contributed by atoms with Crippen LogP contribution in [0.2, 0.25) is 5.28 Å². The van der Waals surface area contributed by atoms with Crippen molar-refractivity contribution >= 4 is 34.5 Å². The third-order valence-electron chi connectivity index (χ3n) is 4.70. The predicted molar refractivity (Wildman–Crippen MR) is 89.6 cm³/mol. The highest BCUT2D eigenvalue weighted by Gasteiger charge is 2.38. The molecule has 0 aromatic carbocycles. The first-order valence-corrected chi connectivity index (χ1v) is 8.33. The second kappa shape index (κ2) is 6.39. The van der Waals surface area contributed by atoms with Crippen molar-refractivity contribution in [3.8, 4) is 0 Å². The van der Waals surface area contributed by atoms with Crippen molar-refractivity contribution in [2.45, 2.75) is 44.6 Å². The van der Waals surface area contributed by atoms with Gasteiger partial charge in [-0.05, 0) is 30.5 Å². The summed E-state index contributed by atoms with van der Waals surface area (Å²) < 4.78 is 1.88. The third kappa shape index (κ3) is 2.96. The highest BCUT2D eigenvalue weighted by atomic mass is 35.5. The van der Waals surface area contributed by atoms with Gasteiger partial charge < -0.3 is 15.0 Å². The molecule has 0 unspecified atom stereocenters. The number of nitrogens with one attached hydrogen (secondary N) is 1. The van der Waals surface area contributed by atoms with Gasteiger partial charge in [0.2, 0.25) is 5.28 Å². The highest BCUT2D eigenvalue weighted by molar-refractivity contribution is 6.28. The molecule has 0 bridgehead atoms. The number of rotatable bonds is 4. The van der Waals surface area contributed by atoms with E-state index >= 15 is 0 Å². The molecule has 128 valence electrons. The lowest BCUT2D eigenvalue weighted by Crippen LogP contribution is -2.47. The Bertz CT molecular complexity index is 796. The van der Waals surface area contributed by atoms with Crippen molar-refractivity contribution in [1.29, 1.82) is 0 Å². The smallest absolute Gasteiger partial charge is 0.404 e. The fourth-order valence-corrected chi connectivity index (χ4v) is 3.77. The topological polar surface area (TPSA) is 97.1 Å². The van der Waals surface area contributed by atoms with Crippen LogP contribution in [0.3, 0.4) is 0 Å². The average molecular weight is 351 g/mol. The zero-order chi connectivity index (χ0) is 17.3. The van der Waals surface area contributed by atoms with Crippen molar-refractivity contribution in [1.82, 2.24) is 19.9 Å². The molecule has 3 rings (SSSR count). The Kier molecular flexibility index (Phi) is 4.45. The minimum Gasteiger partial charge on any atom is -0.465 e. The zero-order valence-electron chi connectivity index (χ0n) is 13.4. The monoisotopic (exact) mass is 350 g/mol. The number of hydrogen-bond donors (Lipinski definition) is 2. The fraction of sp³-hybridized carbons (Fsp3) is 0.500. The fourth-order valence-electron chi connectivity index (χ4n) is 3.64. The van der Waals surface area contributed by atoms with Gasteiger partial charge in [-0.1, -0.05) is 19.3 Å². The number of hydrogen-bond acceptors (Lipinski definition) is 4. The number of aromatic nitrogens is 3. The number of Topliss-reactive ketones (excluding diaryl/α,β-unsaturated/α-hetero) is 1. The second-order valence-corrected chi connectivity index (χ2v) is 6.62. The minimum absolute atomic E-state index is 0.0932. The Morgan fingerprint density at radius 3 is 2.71 bits per heavy atom. The van der Waals surface area contributed by atoms with Crippen LogP contribution in [0, 0.1) is 0 Å². The Hall–Kier alpha value is -2.15. The van der Waals surface area contributed by atoms with Gasteiger partial charge >= 0.3 is 6.09 Å². The molecule has 24 heavy (non-hydrogen) atoms. The molecule has 1 saturated carbocycles.